The van der Waals surface area contributed by atoms with Crippen LogP contribution in [0, 0.1) is 0 Å². The Labute approximate surface area is 146 Å². The van der Waals surface area contributed by atoms with E-state index < -0.39 is 0 Å². The van der Waals surface area contributed by atoms with E-state index in [-0.39, 0.29) is 17.7 Å². The molecule has 0 saturated carbocycles. The van der Waals surface area contributed by atoms with Crippen molar-refractivity contribution in [2.75, 3.05) is 5.75 Å². The molecule has 4 rings (SSSR count). The van der Waals surface area contributed by atoms with Gasteiger partial charge in [-0.05, 0) is 24.3 Å². The van der Waals surface area contributed by atoms with Crippen molar-refractivity contribution in [1.29, 1.82) is 0 Å². The zero-order chi connectivity index (χ0) is 16.4. The molecule has 3 aromatic heterocycles. The number of hydrazone groups is 1. The summed E-state index contributed by atoms with van der Waals surface area (Å²) in [5, 5.41) is 7.87. The van der Waals surface area contributed by atoms with E-state index in [9.17, 15) is 4.79 Å². The fourth-order valence-electron chi connectivity index (χ4n) is 2.51. The molecule has 1 atom stereocenters. The fraction of sp³-hybridized carbons (Fsp3) is 0.188. The Morgan fingerprint density at radius 3 is 2.92 bits per heavy atom. The van der Waals surface area contributed by atoms with Crippen molar-refractivity contribution in [3.8, 4) is 0 Å². The van der Waals surface area contributed by atoms with Crippen LogP contribution in [0.1, 0.15) is 24.0 Å². The lowest BCUT2D eigenvalue weighted by Crippen LogP contribution is -2.28. The first-order valence-corrected chi connectivity index (χ1v) is 9.17. The maximum absolute atomic E-state index is 12.7. The van der Waals surface area contributed by atoms with Crippen LogP contribution in [0.3, 0.4) is 0 Å². The van der Waals surface area contributed by atoms with Crippen LogP contribution in [0.2, 0.25) is 0 Å². The zero-order valence-electron chi connectivity index (χ0n) is 12.5. The second-order valence-corrected chi connectivity index (χ2v) is 7.20. The molecule has 122 valence electrons. The molecular weight excluding hydrogens is 346 g/mol. The van der Waals surface area contributed by atoms with Gasteiger partial charge in [-0.25, -0.2) is 9.99 Å². The first-order chi connectivity index (χ1) is 11.8. The van der Waals surface area contributed by atoms with Crippen molar-refractivity contribution in [3.63, 3.8) is 0 Å². The smallest absolute Gasteiger partial charge is 0.253 e. The lowest BCUT2D eigenvalue weighted by atomic mass is 10.1. The highest BCUT2D eigenvalue weighted by atomic mass is 32.2. The first-order valence-electron chi connectivity index (χ1n) is 7.30. The highest BCUT2D eigenvalue weighted by Crippen LogP contribution is 2.34. The van der Waals surface area contributed by atoms with E-state index in [0.29, 0.717) is 17.9 Å². The number of thiazole rings is 1. The lowest BCUT2D eigenvalue weighted by Gasteiger charge is -2.19. The molecule has 1 aliphatic rings. The number of amides is 1. The lowest BCUT2D eigenvalue weighted by molar-refractivity contribution is -0.130. The summed E-state index contributed by atoms with van der Waals surface area (Å²) >= 11 is 2.93. The highest BCUT2D eigenvalue weighted by Gasteiger charge is 2.35. The molecule has 0 N–H and O–H groups in total. The van der Waals surface area contributed by atoms with Crippen molar-refractivity contribution in [3.05, 3.63) is 59.9 Å². The molecule has 4 heterocycles. The molecule has 0 fully saturated rings. The van der Waals surface area contributed by atoms with Crippen molar-refractivity contribution in [2.45, 2.75) is 16.8 Å². The van der Waals surface area contributed by atoms with Gasteiger partial charge < -0.3 is 8.83 Å². The Hall–Kier alpha value is -2.32. The highest BCUT2D eigenvalue weighted by molar-refractivity contribution is 8.01. The van der Waals surface area contributed by atoms with Crippen LogP contribution < -0.4 is 0 Å². The largest absolute Gasteiger partial charge is 0.467 e. The van der Waals surface area contributed by atoms with E-state index in [0.717, 1.165) is 10.1 Å². The Kier molecular flexibility index (Phi) is 4.22. The molecule has 0 radical (unpaired) electrons. The molecule has 1 amide bonds. The number of aromatic nitrogens is 1. The minimum atomic E-state index is -0.246. The number of carbonyl (C=O) groups is 1. The molecule has 6 nitrogen and oxygen atoms in total. The normalized spacial score (nSPS) is 17.2. The third kappa shape index (κ3) is 3.02. The van der Waals surface area contributed by atoms with Crippen molar-refractivity contribution in [2.24, 2.45) is 5.10 Å². The van der Waals surface area contributed by atoms with Crippen LogP contribution in [0.15, 0.2) is 66.6 Å². The van der Waals surface area contributed by atoms with Crippen LogP contribution in [-0.4, -0.2) is 27.4 Å². The van der Waals surface area contributed by atoms with Gasteiger partial charge in [0.15, 0.2) is 0 Å². The van der Waals surface area contributed by atoms with Crippen LogP contribution in [0.4, 0.5) is 0 Å². The standard InChI is InChI=1S/C16H13N3O3S2/c20-15(10-24-16-17-5-8-23-16)19-12(14-4-2-7-22-14)9-11(18-19)13-3-1-6-21-13/h1-8,12H,9-10H2/t12-/m1/s1. The summed E-state index contributed by atoms with van der Waals surface area (Å²) in [7, 11) is 0. The van der Waals surface area contributed by atoms with Crippen molar-refractivity contribution < 1.29 is 13.6 Å². The van der Waals surface area contributed by atoms with E-state index >= 15 is 0 Å². The minimum absolute atomic E-state index is 0.0850. The minimum Gasteiger partial charge on any atom is -0.467 e. The van der Waals surface area contributed by atoms with E-state index in [2.05, 4.69) is 10.1 Å². The van der Waals surface area contributed by atoms with E-state index in [1.165, 1.54) is 28.1 Å². The van der Waals surface area contributed by atoms with Gasteiger partial charge in [0, 0.05) is 18.0 Å². The summed E-state index contributed by atoms with van der Waals surface area (Å²) in [6.07, 6.45) is 5.50. The van der Waals surface area contributed by atoms with Crippen LogP contribution in [-0.2, 0) is 4.79 Å². The predicted molar refractivity (Wildman–Crippen MR) is 91.0 cm³/mol. The monoisotopic (exact) mass is 359 g/mol. The van der Waals surface area contributed by atoms with Crippen molar-refractivity contribution >= 4 is 34.7 Å². The summed E-state index contributed by atoms with van der Waals surface area (Å²) in [6, 6.07) is 7.08. The Bertz CT molecular complexity index is 826. The molecule has 0 bridgehead atoms. The van der Waals surface area contributed by atoms with Gasteiger partial charge in [-0.3, -0.25) is 4.79 Å². The van der Waals surface area contributed by atoms with Gasteiger partial charge in [-0.1, -0.05) is 11.8 Å². The average Bonchev–Trinajstić information content (AvgIpc) is 3.40. The topological polar surface area (TPSA) is 71.8 Å². The number of nitrogens with zero attached hydrogens (tertiary/aromatic N) is 3. The first kappa shape index (κ1) is 15.2. The van der Waals surface area contributed by atoms with E-state index in [4.69, 9.17) is 8.83 Å². The molecule has 0 aromatic carbocycles. The maximum atomic E-state index is 12.7. The molecular formula is C16H13N3O3S2. The molecule has 0 spiro atoms. The van der Waals surface area contributed by atoms with Gasteiger partial charge in [-0.2, -0.15) is 5.10 Å². The Morgan fingerprint density at radius 2 is 2.21 bits per heavy atom. The molecule has 1 aliphatic heterocycles. The van der Waals surface area contributed by atoms with E-state index in [1.807, 2.05) is 29.6 Å². The third-order valence-electron chi connectivity index (χ3n) is 3.57. The second-order valence-electron chi connectivity index (χ2n) is 5.08. The second kappa shape index (κ2) is 6.66. The molecule has 0 unspecified atom stereocenters. The fourth-order valence-corrected chi connectivity index (χ4v) is 4.00. The quantitative estimate of drug-likeness (QED) is 0.648. The maximum Gasteiger partial charge on any atom is 0.253 e. The number of hydrogen-bond donors (Lipinski definition) is 0. The van der Waals surface area contributed by atoms with Gasteiger partial charge in [0.25, 0.3) is 5.91 Å². The summed E-state index contributed by atoms with van der Waals surface area (Å²) < 4.78 is 11.8. The van der Waals surface area contributed by atoms with Crippen LogP contribution in [0.25, 0.3) is 0 Å². The Balaban J connectivity index is 1.55. The zero-order valence-corrected chi connectivity index (χ0v) is 14.1. The van der Waals surface area contributed by atoms with Gasteiger partial charge in [0.05, 0.1) is 18.3 Å². The van der Waals surface area contributed by atoms with Crippen LogP contribution >= 0.6 is 23.1 Å². The molecule has 3 aromatic rings. The van der Waals surface area contributed by atoms with E-state index in [1.54, 1.807) is 18.7 Å². The number of furan rings is 2. The van der Waals surface area contributed by atoms with Crippen LogP contribution in [0.5, 0.6) is 0 Å². The number of rotatable bonds is 5. The van der Waals surface area contributed by atoms with Crippen molar-refractivity contribution in [1.82, 2.24) is 9.99 Å². The number of hydrogen-bond acceptors (Lipinski definition) is 7. The molecule has 24 heavy (non-hydrogen) atoms. The van der Waals surface area contributed by atoms with Gasteiger partial charge in [0.1, 0.15) is 27.6 Å². The van der Waals surface area contributed by atoms with Gasteiger partial charge >= 0.3 is 0 Å². The third-order valence-corrected chi connectivity index (χ3v) is 5.52. The van der Waals surface area contributed by atoms with Gasteiger partial charge in [-0.15, -0.1) is 11.3 Å². The Morgan fingerprint density at radius 1 is 1.33 bits per heavy atom. The summed E-state index contributed by atoms with van der Waals surface area (Å²) in [5.41, 5.74) is 0.744. The molecule has 0 aliphatic carbocycles. The summed E-state index contributed by atoms with van der Waals surface area (Å²) in [5.74, 6) is 1.58. The molecule has 0 saturated heterocycles. The van der Waals surface area contributed by atoms with Gasteiger partial charge in [0.2, 0.25) is 0 Å². The number of thioether (sulfide) groups is 1. The number of carbonyl (C=O) groups excluding carboxylic acids is 1. The predicted octanol–water partition coefficient (Wildman–Crippen LogP) is 3.80. The SMILES string of the molecule is O=C(CSc1nccs1)N1N=C(c2ccco2)C[C@@H]1c1ccco1. The molecule has 8 heteroatoms. The average molecular weight is 359 g/mol. The summed E-state index contributed by atoms with van der Waals surface area (Å²) in [6.45, 7) is 0. The summed E-state index contributed by atoms with van der Waals surface area (Å²) in [4.78, 5) is 16.8.